The van der Waals surface area contributed by atoms with Gasteiger partial charge in [0.1, 0.15) is 5.84 Å². The van der Waals surface area contributed by atoms with Gasteiger partial charge in [0.15, 0.2) is 0 Å². The molecule has 0 atom stereocenters. The summed E-state index contributed by atoms with van der Waals surface area (Å²) in [6.07, 6.45) is -3.73. The molecule has 2 aromatic rings. The fraction of sp³-hybridized carbons (Fsp3) is 0.423. The number of hydrogen-bond donors (Lipinski definition) is 2. The molecule has 0 radical (unpaired) electrons. The third-order valence-electron chi connectivity index (χ3n) is 6.11. The first-order chi connectivity index (χ1) is 19.6. The number of nitrogens with one attached hydrogen (secondary N) is 1. The van der Waals surface area contributed by atoms with Gasteiger partial charge >= 0.3 is 12.1 Å². The number of sulfonamides is 1. The number of rotatable bonds is 12. The van der Waals surface area contributed by atoms with Gasteiger partial charge in [-0.3, -0.25) is 19.9 Å². The van der Waals surface area contributed by atoms with Crippen molar-refractivity contribution >= 4 is 27.7 Å². The number of likely N-dealkylation sites (N-methyl/N-ethyl adjacent to an activating group) is 1. The van der Waals surface area contributed by atoms with Crippen LogP contribution >= 0.6 is 0 Å². The van der Waals surface area contributed by atoms with Gasteiger partial charge in [-0.1, -0.05) is 36.4 Å². The summed E-state index contributed by atoms with van der Waals surface area (Å²) in [5.41, 5.74) is 2.62. The number of aliphatic imine (C=N–C) groups is 1. The smallest absolute Gasteiger partial charge is 0.475 e. The Morgan fingerprint density at radius 3 is 2.12 bits per heavy atom. The number of carboxylic acid groups (broad SMARTS) is 1. The number of carbonyl (C=O) groups excluding carboxylic acids is 1. The molecule has 1 aliphatic rings. The number of benzene rings is 2. The van der Waals surface area contributed by atoms with Crippen LogP contribution in [0, 0.1) is 10.1 Å². The first-order valence-corrected chi connectivity index (χ1v) is 14.1. The SMILES string of the molecule is CN(CCc1ccc(C2=NCCN2)cc1)C(=O)CCCN(C)S(=O)(=O)c1ccc(C[N+](=O)[O-])cc1.O=C(O)C(F)(F)F. The van der Waals surface area contributed by atoms with Crippen LogP contribution < -0.4 is 5.32 Å². The molecular formula is C26H32F3N5O7S. The van der Waals surface area contributed by atoms with Gasteiger partial charge in [0, 0.05) is 56.2 Å². The van der Waals surface area contributed by atoms with E-state index >= 15 is 0 Å². The Kier molecular flexibility index (Phi) is 12.4. The maximum Gasteiger partial charge on any atom is 0.490 e. The van der Waals surface area contributed by atoms with E-state index in [0.29, 0.717) is 18.5 Å². The second-order valence-corrected chi connectivity index (χ2v) is 11.3. The topological polar surface area (TPSA) is 163 Å². The van der Waals surface area contributed by atoms with Crippen LogP contribution in [0.5, 0.6) is 0 Å². The maximum atomic E-state index is 12.7. The van der Waals surface area contributed by atoms with Crippen molar-refractivity contribution in [1.82, 2.24) is 14.5 Å². The average Bonchev–Trinajstić information content (AvgIpc) is 3.47. The number of nitrogens with zero attached hydrogens (tertiary/aromatic N) is 4. The normalized spacial score (nSPS) is 13.0. The molecule has 1 heterocycles. The summed E-state index contributed by atoms with van der Waals surface area (Å²) in [7, 11) is -0.519. The summed E-state index contributed by atoms with van der Waals surface area (Å²) in [5, 5.41) is 21.0. The largest absolute Gasteiger partial charge is 0.490 e. The highest BCUT2D eigenvalue weighted by atomic mass is 32.2. The number of halogens is 3. The van der Waals surface area contributed by atoms with Crippen molar-refractivity contribution < 1.29 is 41.2 Å². The zero-order valence-electron chi connectivity index (χ0n) is 23.0. The van der Waals surface area contributed by atoms with Crippen LogP contribution in [0.3, 0.4) is 0 Å². The van der Waals surface area contributed by atoms with Crippen LogP contribution in [0.15, 0.2) is 58.4 Å². The van der Waals surface area contributed by atoms with Crippen LogP contribution in [0.25, 0.3) is 0 Å². The monoisotopic (exact) mass is 615 g/mol. The van der Waals surface area contributed by atoms with Gasteiger partial charge in [-0.05, 0) is 30.5 Å². The highest BCUT2D eigenvalue weighted by Gasteiger charge is 2.38. The number of alkyl halides is 3. The molecule has 0 bridgehead atoms. The van der Waals surface area contributed by atoms with E-state index in [1.807, 2.05) is 24.3 Å². The number of nitro groups is 1. The van der Waals surface area contributed by atoms with Crippen molar-refractivity contribution in [1.29, 1.82) is 0 Å². The molecule has 2 aromatic carbocycles. The van der Waals surface area contributed by atoms with E-state index in [1.54, 1.807) is 11.9 Å². The Balaban J connectivity index is 0.000000782. The van der Waals surface area contributed by atoms with Gasteiger partial charge in [-0.15, -0.1) is 0 Å². The Hall–Kier alpha value is -4.05. The molecule has 16 heteroatoms. The van der Waals surface area contributed by atoms with Gasteiger partial charge in [0.05, 0.1) is 11.4 Å². The van der Waals surface area contributed by atoms with Crippen molar-refractivity contribution in [3.05, 3.63) is 75.3 Å². The zero-order valence-corrected chi connectivity index (χ0v) is 23.8. The molecule has 0 unspecified atom stereocenters. The van der Waals surface area contributed by atoms with E-state index in [0.717, 1.165) is 36.5 Å². The molecule has 0 spiro atoms. The van der Waals surface area contributed by atoms with Gasteiger partial charge in [0.25, 0.3) is 0 Å². The summed E-state index contributed by atoms with van der Waals surface area (Å²) in [6.45, 7) is 2.07. The van der Waals surface area contributed by atoms with Gasteiger partial charge in [-0.2, -0.15) is 13.2 Å². The lowest BCUT2D eigenvalue weighted by Gasteiger charge is -2.20. The Labute approximate surface area is 241 Å². The van der Waals surface area contributed by atoms with Crippen molar-refractivity contribution in [2.24, 2.45) is 4.99 Å². The minimum Gasteiger partial charge on any atom is -0.475 e. The highest BCUT2D eigenvalue weighted by molar-refractivity contribution is 7.89. The van der Waals surface area contributed by atoms with Crippen LogP contribution in [0.4, 0.5) is 13.2 Å². The lowest BCUT2D eigenvalue weighted by Crippen LogP contribution is -2.31. The van der Waals surface area contributed by atoms with Crippen LogP contribution in [0.2, 0.25) is 0 Å². The van der Waals surface area contributed by atoms with Crippen molar-refractivity contribution in [2.75, 3.05) is 40.3 Å². The second kappa shape index (κ2) is 15.3. The zero-order chi connectivity index (χ0) is 31.5. The van der Waals surface area contributed by atoms with Crippen molar-refractivity contribution in [3.8, 4) is 0 Å². The molecule has 1 aliphatic heterocycles. The summed E-state index contributed by atoms with van der Waals surface area (Å²) < 4.78 is 58.4. The number of aliphatic carboxylic acids is 1. The molecular weight excluding hydrogens is 583 g/mol. The summed E-state index contributed by atoms with van der Waals surface area (Å²) in [5.74, 6) is -1.88. The Bertz CT molecular complexity index is 1370. The predicted octanol–water partition coefficient (Wildman–Crippen LogP) is 2.55. The predicted molar refractivity (Wildman–Crippen MR) is 147 cm³/mol. The molecule has 0 saturated carbocycles. The van der Waals surface area contributed by atoms with E-state index in [-0.39, 0.29) is 30.3 Å². The number of amides is 1. The number of carbonyl (C=O) groups is 2. The molecule has 42 heavy (non-hydrogen) atoms. The average molecular weight is 616 g/mol. The summed E-state index contributed by atoms with van der Waals surface area (Å²) >= 11 is 0. The fourth-order valence-electron chi connectivity index (χ4n) is 3.70. The fourth-order valence-corrected chi connectivity index (χ4v) is 4.91. The quantitative estimate of drug-likeness (QED) is 0.272. The Morgan fingerprint density at radius 1 is 1.05 bits per heavy atom. The molecule has 2 N–H and O–H groups in total. The summed E-state index contributed by atoms with van der Waals surface area (Å²) in [4.78, 5) is 37.7. The molecule has 12 nitrogen and oxygen atoms in total. The van der Waals surface area contributed by atoms with Crippen LogP contribution in [0.1, 0.15) is 29.5 Å². The third-order valence-corrected chi connectivity index (χ3v) is 7.98. The third kappa shape index (κ3) is 10.7. The molecule has 230 valence electrons. The highest BCUT2D eigenvalue weighted by Crippen LogP contribution is 2.17. The van der Waals surface area contributed by atoms with E-state index in [4.69, 9.17) is 9.90 Å². The van der Waals surface area contributed by atoms with Crippen LogP contribution in [-0.4, -0.2) is 91.8 Å². The van der Waals surface area contributed by atoms with Crippen LogP contribution in [-0.2, 0) is 32.6 Å². The molecule has 3 rings (SSSR count). The second-order valence-electron chi connectivity index (χ2n) is 9.29. The van der Waals surface area contributed by atoms with E-state index < -0.39 is 27.1 Å². The van der Waals surface area contributed by atoms with E-state index in [2.05, 4.69) is 10.3 Å². The lowest BCUT2D eigenvalue weighted by atomic mass is 10.1. The minimum absolute atomic E-state index is 0.0407. The van der Waals surface area contributed by atoms with E-state index in [1.165, 1.54) is 35.6 Å². The van der Waals surface area contributed by atoms with Crippen molar-refractivity contribution in [2.45, 2.75) is 36.9 Å². The van der Waals surface area contributed by atoms with Gasteiger partial charge in [0.2, 0.25) is 22.5 Å². The maximum absolute atomic E-state index is 12.7. The number of carboxylic acids is 1. The molecule has 0 fully saturated rings. The summed E-state index contributed by atoms with van der Waals surface area (Å²) in [6, 6.07) is 13.8. The first-order valence-electron chi connectivity index (χ1n) is 12.7. The van der Waals surface area contributed by atoms with Gasteiger partial charge in [-0.25, -0.2) is 17.5 Å². The molecule has 0 saturated heterocycles. The van der Waals surface area contributed by atoms with Crippen molar-refractivity contribution in [3.63, 3.8) is 0 Å². The minimum atomic E-state index is -5.08. The Morgan fingerprint density at radius 2 is 1.62 bits per heavy atom. The molecule has 1 amide bonds. The first kappa shape index (κ1) is 34.2. The van der Waals surface area contributed by atoms with E-state index in [9.17, 15) is 36.5 Å². The number of amidine groups is 1. The standard InChI is InChI=1S/C24H31N5O5S.C2HF3O2/c1-27(17-13-19-5-9-21(10-6-19)24-25-14-15-26-24)23(30)4-3-16-28(2)35(33,34)22-11-7-20(8-12-22)18-29(31)32;3-2(4,5)1(6)7/h5-12H,3-4,13-18H2,1-2H3,(H,25,26);(H,6,7). The molecule has 0 aliphatic carbocycles. The van der Waals surface area contributed by atoms with Gasteiger partial charge < -0.3 is 15.3 Å². The lowest BCUT2D eigenvalue weighted by molar-refractivity contribution is -0.496. The number of hydrogen-bond acceptors (Lipinski definition) is 8. The molecule has 0 aromatic heterocycles.